The van der Waals surface area contributed by atoms with Gasteiger partial charge in [0.15, 0.2) is 11.6 Å². The molecule has 10 fully saturated rings. The SMILES string of the molecule is C1COC2(CCC(OCc3c(C4CCC5(CC4)CC5)noc3C3CC3)CC2)O1.ClCc1c(C2CCC3(CC2)CC3)noc1C1CC1.OC1CCC2(CC1)OCCO2. The van der Waals surface area contributed by atoms with Crippen molar-refractivity contribution in [1.82, 2.24) is 10.3 Å². The van der Waals surface area contributed by atoms with Crippen LogP contribution < -0.4 is 0 Å². The fourth-order valence-electron chi connectivity index (χ4n) is 11.3. The molecule has 57 heavy (non-hydrogen) atoms. The highest BCUT2D eigenvalue weighted by molar-refractivity contribution is 6.17. The first kappa shape index (κ1) is 39.6. The summed E-state index contributed by atoms with van der Waals surface area (Å²) >= 11 is 6.14. The zero-order chi connectivity index (χ0) is 38.5. The Bertz CT molecular complexity index is 1620. The maximum atomic E-state index is 9.24. The van der Waals surface area contributed by atoms with Gasteiger partial charge in [-0.15, -0.1) is 11.6 Å². The Morgan fingerprint density at radius 3 is 1.35 bits per heavy atom. The predicted molar refractivity (Wildman–Crippen MR) is 213 cm³/mol. The number of hydrogen-bond donors (Lipinski definition) is 1. The van der Waals surface area contributed by atoms with Crippen molar-refractivity contribution in [3.8, 4) is 0 Å². The average Bonchev–Trinajstić information content (AvgIpc) is 4.21. The molecule has 12 rings (SSSR count). The van der Waals surface area contributed by atoms with Crippen LogP contribution in [0, 0.1) is 10.8 Å². The highest BCUT2D eigenvalue weighted by Gasteiger charge is 2.48. The van der Waals surface area contributed by atoms with Crippen molar-refractivity contribution < 1.29 is 37.8 Å². The van der Waals surface area contributed by atoms with Gasteiger partial charge in [0.25, 0.3) is 0 Å². The molecule has 0 atom stereocenters. The van der Waals surface area contributed by atoms with E-state index in [0.717, 1.165) is 100 Å². The second-order valence-corrected chi connectivity index (χ2v) is 20.3. The molecule has 2 saturated heterocycles. The third-order valence-corrected chi connectivity index (χ3v) is 16.3. The number of halogens is 1. The Hall–Kier alpha value is -1.53. The minimum atomic E-state index is -0.306. The van der Waals surface area contributed by atoms with Crippen LogP contribution in [0.15, 0.2) is 9.05 Å². The first-order valence-electron chi connectivity index (χ1n) is 23.2. The highest BCUT2D eigenvalue weighted by Crippen LogP contribution is 2.60. The van der Waals surface area contributed by atoms with E-state index in [2.05, 4.69) is 10.3 Å². The largest absolute Gasteiger partial charge is 0.393 e. The Kier molecular flexibility index (Phi) is 11.4. The molecule has 0 aromatic carbocycles. The number of aliphatic hydroxyl groups excluding tert-OH is 1. The predicted octanol–water partition coefficient (Wildman–Crippen LogP) is 10.6. The number of alkyl halides is 1. The summed E-state index contributed by atoms with van der Waals surface area (Å²) in [5.74, 6) is 4.61. The molecular weight excluding hydrogens is 744 g/mol. The van der Waals surface area contributed by atoms with Gasteiger partial charge in [-0.2, -0.15) is 0 Å². The van der Waals surface area contributed by atoms with Crippen molar-refractivity contribution >= 4 is 11.6 Å². The normalized spacial score (nSPS) is 31.9. The van der Waals surface area contributed by atoms with Crippen LogP contribution in [0.2, 0.25) is 0 Å². The van der Waals surface area contributed by atoms with E-state index in [1.54, 1.807) is 0 Å². The van der Waals surface area contributed by atoms with Crippen molar-refractivity contribution in [3.05, 3.63) is 34.0 Å². The number of ether oxygens (including phenoxy) is 5. The second-order valence-electron chi connectivity index (χ2n) is 20.0. The molecule has 4 spiro atoms. The Morgan fingerprint density at radius 2 is 0.930 bits per heavy atom. The van der Waals surface area contributed by atoms with Gasteiger partial charge in [0.05, 0.1) is 62.5 Å². The minimum absolute atomic E-state index is 0.131. The van der Waals surface area contributed by atoms with E-state index in [4.69, 9.17) is 44.3 Å². The molecule has 4 heterocycles. The molecule has 11 heteroatoms. The minimum Gasteiger partial charge on any atom is -0.393 e. The molecule has 2 aliphatic heterocycles. The van der Waals surface area contributed by atoms with E-state index in [1.165, 1.54) is 125 Å². The van der Waals surface area contributed by atoms with Gasteiger partial charge >= 0.3 is 0 Å². The first-order chi connectivity index (χ1) is 27.9. The summed E-state index contributed by atoms with van der Waals surface area (Å²) in [6, 6.07) is 0. The van der Waals surface area contributed by atoms with Crippen LogP contribution in [0.1, 0.15) is 212 Å². The molecule has 10 nitrogen and oxygen atoms in total. The summed E-state index contributed by atoms with van der Waals surface area (Å²) < 4.78 is 40.6. The van der Waals surface area contributed by atoms with E-state index in [9.17, 15) is 5.11 Å². The number of nitrogens with zero attached hydrogens (tertiary/aromatic N) is 2. The molecule has 8 saturated carbocycles. The third-order valence-electron chi connectivity index (χ3n) is 16.0. The summed E-state index contributed by atoms with van der Waals surface area (Å²) in [4.78, 5) is 0. The quantitative estimate of drug-likeness (QED) is 0.258. The van der Waals surface area contributed by atoms with Crippen LogP contribution in [-0.4, -0.2) is 65.6 Å². The van der Waals surface area contributed by atoms with Crippen LogP contribution in [0.25, 0.3) is 0 Å². The summed E-state index contributed by atoms with van der Waals surface area (Å²) in [6.45, 7) is 3.59. The molecule has 0 bridgehead atoms. The van der Waals surface area contributed by atoms with Gasteiger partial charge < -0.3 is 37.8 Å². The van der Waals surface area contributed by atoms with E-state index in [1.807, 2.05) is 0 Å². The monoisotopic (exact) mass is 810 g/mol. The average molecular weight is 812 g/mol. The molecular formula is C46H67ClN2O8. The molecule has 316 valence electrons. The van der Waals surface area contributed by atoms with Gasteiger partial charge in [-0.1, -0.05) is 10.3 Å². The van der Waals surface area contributed by atoms with Crippen LogP contribution in [0.5, 0.6) is 0 Å². The second kappa shape index (κ2) is 16.4. The van der Waals surface area contributed by atoms with Crippen LogP contribution in [0.4, 0.5) is 0 Å². The van der Waals surface area contributed by atoms with Crippen LogP contribution in [0.3, 0.4) is 0 Å². The number of hydrogen-bond acceptors (Lipinski definition) is 10. The van der Waals surface area contributed by atoms with E-state index >= 15 is 0 Å². The van der Waals surface area contributed by atoms with Crippen LogP contribution in [-0.2, 0) is 36.2 Å². The molecule has 1 N–H and O–H groups in total. The topological polar surface area (TPSA) is 118 Å². The van der Waals surface area contributed by atoms with Crippen molar-refractivity contribution in [2.24, 2.45) is 10.8 Å². The van der Waals surface area contributed by atoms with Gasteiger partial charge in [0.1, 0.15) is 11.5 Å². The standard InChI is InChI=1S/C23H33NO4.C15H20ClNO.C8H14O3/c1-2-17(1)21-19(15-25-18-5-9-23(10-6-18)26-13-14-27-23)20(24-28-21)16-3-7-22(8-4-16)11-12-22;16-9-12-13(17-18-14(12)11-1-2-11)10-3-5-15(6-4-10)7-8-15;9-7-1-3-8(4-2-7)10-5-6-11-8/h16-18H,1-15H2;10-11H,1-9H2;7,9H,1-6H2. The highest BCUT2D eigenvalue weighted by atomic mass is 35.5. The summed E-state index contributed by atoms with van der Waals surface area (Å²) in [7, 11) is 0. The third kappa shape index (κ3) is 8.95. The van der Waals surface area contributed by atoms with Crippen molar-refractivity contribution in [2.75, 3.05) is 26.4 Å². The number of rotatable bonds is 8. The zero-order valence-electron chi connectivity index (χ0n) is 34.3. The summed E-state index contributed by atoms with van der Waals surface area (Å²) in [5.41, 5.74) is 6.43. The Labute approximate surface area is 344 Å². The van der Waals surface area contributed by atoms with Gasteiger partial charge in [0.2, 0.25) is 0 Å². The number of aliphatic hydroxyl groups is 1. The molecule has 0 unspecified atom stereocenters. The fourth-order valence-corrected chi connectivity index (χ4v) is 11.6. The van der Waals surface area contributed by atoms with Gasteiger partial charge in [0, 0.05) is 60.5 Å². The van der Waals surface area contributed by atoms with Crippen molar-refractivity contribution in [3.63, 3.8) is 0 Å². The van der Waals surface area contributed by atoms with Gasteiger partial charge in [-0.05, 0) is 139 Å². The maximum Gasteiger partial charge on any atom is 0.168 e. The fraction of sp³-hybridized carbons (Fsp3) is 0.870. The number of aromatic nitrogens is 2. The van der Waals surface area contributed by atoms with Crippen molar-refractivity contribution in [2.45, 2.75) is 214 Å². The van der Waals surface area contributed by atoms with Gasteiger partial charge in [-0.25, -0.2) is 0 Å². The van der Waals surface area contributed by atoms with Crippen LogP contribution >= 0.6 is 11.6 Å². The van der Waals surface area contributed by atoms with E-state index in [0.29, 0.717) is 42.3 Å². The Morgan fingerprint density at radius 1 is 0.509 bits per heavy atom. The van der Waals surface area contributed by atoms with E-state index in [-0.39, 0.29) is 17.7 Å². The molecule has 0 amide bonds. The molecule has 8 aliphatic carbocycles. The summed E-state index contributed by atoms with van der Waals surface area (Å²) in [5, 5.41) is 18.2. The van der Waals surface area contributed by atoms with E-state index < -0.39 is 0 Å². The lowest BCUT2D eigenvalue weighted by Crippen LogP contribution is -2.37. The molecule has 2 aromatic heterocycles. The summed E-state index contributed by atoms with van der Waals surface area (Å²) in [6.07, 6.45) is 29.0. The molecule has 2 aromatic rings. The maximum absolute atomic E-state index is 9.24. The van der Waals surface area contributed by atoms with Crippen molar-refractivity contribution in [1.29, 1.82) is 0 Å². The lowest BCUT2D eigenvalue weighted by molar-refractivity contribution is -0.192. The van der Waals surface area contributed by atoms with Gasteiger partial charge in [-0.3, -0.25) is 0 Å². The molecule has 10 aliphatic rings. The molecule has 0 radical (unpaired) electrons. The first-order valence-corrected chi connectivity index (χ1v) is 23.8. The zero-order valence-corrected chi connectivity index (χ0v) is 35.0. The Balaban J connectivity index is 0.000000116. The lowest BCUT2D eigenvalue weighted by Gasteiger charge is -2.35. The lowest BCUT2D eigenvalue weighted by atomic mass is 9.77. The smallest absolute Gasteiger partial charge is 0.168 e.